The maximum atomic E-state index is 12.4. The first-order chi connectivity index (χ1) is 12.3. The van der Waals surface area contributed by atoms with Crippen LogP contribution in [0.5, 0.6) is 0 Å². The number of likely N-dealkylation sites (tertiary alicyclic amines) is 1. The predicted octanol–water partition coefficient (Wildman–Crippen LogP) is 1.67. The number of carbonyl (C=O) groups excluding carboxylic acids is 1. The van der Waals surface area contributed by atoms with Crippen LogP contribution in [0, 0.1) is 20.8 Å². The first-order valence-corrected chi connectivity index (χ1v) is 8.67. The van der Waals surface area contributed by atoms with Crippen molar-refractivity contribution in [2.75, 3.05) is 19.5 Å². The van der Waals surface area contributed by atoms with Crippen LogP contribution >= 0.6 is 0 Å². The van der Waals surface area contributed by atoms with E-state index < -0.39 is 0 Å². The second kappa shape index (κ2) is 7.03. The van der Waals surface area contributed by atoms with E-state index in [9.17, 15) is 4.79 Å². The van der Waals surface area contributed by atoms with E-state index in [2.05, 4.69) is 20.4 Å². The number of aromatic nitrogens is 4. The summed E-state index contributed by atoms with van der Waals surface area (Å²) in [6.07, 6.45) is 0.414. The molecule has 0 spiro atoms. The Bertz CT molecular complexity index is 831. The van der Waals surface area contributed by atoms with Crippen molar-refractivity contribution in [3.8, 4) is 0 Å². The number of likely N-dealkylation sites (N-methyl/N-ethyl adjacent to an activating group) is 1. The van der Waals surface area contributed by atoms with Crippen LogP contribution in [0.2, 0.25) is 0 Å². The van der Waals surface area contributed by atoms with E-state index in [0.29, 0.717) is 24.7 Å². The van der Waals surface area contributed by atoms with Crippen molar-refractivity contribution in [3.63, 3.8) is 0 Å². The Hall–Kier alpha value is -2.48. The summed E-state index contributed by atoms with van der Waals surface area (Å²) in [6, 6.07) is 1.72. The van der Waals surface area contributed by atoms with Gasteiger partial charge in [0.25, 0.3) is 0 Å². The van der Waals surface area contributed by atoms with Crippen LogP contribution in [0.4, 0.5) is 5.82 Å². The topological polar surface area (TPSA) is 85.2 Å². The smallest absolute Gasteiger partial charge is 0.225 e. The number of amides is 1. The molecule has 3 rings (SSSR count). The van der Waals surface area contributed by atoms with E-state index in [-0.39, 0.29) is 18.0 Å². The van der Waals surface area contributed by atoms with Gasteiger partial charge in [-0.05, 0) is 20.8 Å². The summed E-state index contributed by atoms with van der Waals surface area (Å²) in [5.74, 6) is 1.44. The molecule has 8 heteroatoms. The summed E-state index contributed by atoms with van der Waals surface area (Å²) < 4.78 is 7.01. The van der Waals surface area contributed by atoms with Crippen molar-refractivity contribution < 1.29 is 9.53 Å². The number of methoxy groups -OCH3 is 1. The average molecular weight is 358 g/mol. The summed E-state index contributed by atoms with van der Waals surface area (Å²) in [5.41, 5.74) is 3.97. The van der Waals surface area contributed by atoms with Crippen LogP contribution in [-0.2, 0) is 23.2 Å². The molecule has 1 aliphatic heterocycles. The largest absolute Gasteiger partial charge is 0.377 e. The molecule has 0 aromatic carbocycles. The van der Waals surface area contributed by atoms with Gasteiger partial charge in [0.2, 0.25) is 5.91 Å². The number of anilines is 1. The van der Waals surface area contributed by atoms with E-state index >= 15 is 0 Å². The van der Waals surface area contributed by atoms with E-state index in [1.54, 1.807) is 12.0 Å². The quantitative estimate of drug-likeness (QED) is 0.875. The number of hydrogen-bond acceptors (Lipinski definition) is 6. The second-order valence-electron chi connectivity index (χ2n) is 6.86. The highest BCUT2D eigenvalue weighted by Gasteiger charge is 2.41. The zero-order valence-corrected chi connectivity index (χ0v) is 16.2. The molecule has 1 amide bonds. The average Bonchev–Trinajstić information content (AvgIpc) is 2.95. The minimum absolute atomic E-state index is 0.0844. The van der Waals surface area contributed by atoms with Crippen LogP contribution in [0.1, 0.15) is 40.9 Å². The van der Waals surface area contributed by atoms with Crippen molar-refractivity contribution in [1.29, 1.82) is 0 Å². The van der Waals surface area contributed by atoms with Crippen molar-refractivity contribution in [2.45, 2.75) is 45.9 Å². The molecular weight excluding hydrogens is 332 g/mol. The van der Waals surface area contributed by atoms with Gasteiger partial charge in [0.1, 0.15) is 12.4 Å². The highest BCUT2D eigenvalue weighted by atomic mass is 16.5. The maximum Gasteiger partial charge on any atom is 0.225 e. The van der Waals surface area contributed by atoms with Gasteiger partial charge in [0.15, 0.2) is 5.82 Å². The van der Waals surface area contributed by atoms with E-state index in [1.807, 2.05) is 45.6 Å². The molecule has 0 radical (unpaired) electrons. The number of rotatable bonds is 5. The van der Waals surface area contributed by atoms with E-state index in [1.165, 1.54) is 0 Å². The molecule has 26 heavy (non-hydrogen) atoms. The van der Waals surface area contributed by atoms with Gasteiger partial charge in [-0.25, -0.2) is 9.97 Å². The Morgan fingerprint density at radius 2 is 2.00 bits per heavy atom. The van der Waals surface area contributed by atoms with Gasteiger partial charge in [-0.15, -0.1) is 0 Å². The Morgan fingerprint density at radius 1 is 1.27 bits per heavy atom. The first-order valence-electron chi connectivity index (χ1n) is 8.67. The SMILES string of the molecule is COCc1nc(C)cc(N[C@@H]2CC(=O)N(C)[C@H]2c2c(C)nn(C)c2C)n1. The van der Waals surface area contributed by atoms with Crippen molar-refractivity contribution in [3.05, 3.63) is 34.5 Å². The zero-order chi connectivity index (χ0) is 19.0. The molecule has 1 aliphatic rings. The summed E-state index contributed by atoms with van der Waals surface area (Å²) in [6.45, 7) is 6.30. The van der Waals surface area contributed by atoms with Gasteiger partial charge in [-0.2, -0.15) is 5.10 Å². The van der Waals surface area contributed by atoms with Gasteiger partial charge in [0.05, 0.1) is 17.8 Å². The second-order valence-corrected chi connectivity index (χ2v) is 6.86. The molecule has 2 atom stereocenters. The number of nitrogens with zero attached hydrogens (tertiary/aromatic N) is 5. The lowest BCUT2D eigenvalue weighted by molar-refractivity contribution is -0.127. The van der Waals surface area contributed by atoms with E-state index in [0.717, 1.165) is 22.6 Å². The van der Waals surface area contributed by atoms with Crippen LogP contribution < -0.4 is 5.32 Å². The van der Waals surface area contributed by atoms with Crippen LogP contribution in [0.25, 0.3) is 0 Å². The number of ether oxygens (including phenoxy) is 1. The molecule has 2 aromatic heterocycles. The Kier molecular flexibility index (Phi) is 4.95. The monoisotopic (exact) mass is 358 g/mol. The fraction of sp³-hybridized carbons (Fsp3) is 0.556. The third-order valence-corrected chi connectivity index (χ3v) is 4.95. The highest BCUT2D eigenvalue weighted by molar-refractivity contribution is 5.81. The van der Waals surface area contributed by atoms with Crippen molar-refractivity contribution >= 4 is 11.7 Å². The molecule has 0 bridgehead atoms. The molecule has 8 nitrogen and oxygen atoms in total. The lowest BCUT2D eigenvalue weighted by atomic mass is 9.98. The summed E-state index contributed by atoms with van der Waals surface area (Å²) in [5, 5.41) is 7.96. The summed E-state index contributed by atoms with van der Waals surface area (Å²) in [4.78, 5) is 23.1. The van der Waals surface area contributed by atoms with Gasteiger partial charge in [0, 0.05) is 50.6 Å². The molecule has 0 aliphatic carbocycles. The Balaban J connectivity index is 1.94. The highest BCUT2D eigenvalue weighted by Crippen LogP contribution is 2.36. The Morgan fingerprint density at radius 3 is 2.62 bits per heavy atom. The fourth-order valence-corrected chi connectivity index (χ4v) is 3.70. The first kappa shape index (κ1) is 18.3. The van der Waals surface area contributed by atoms with E-state index in [4.69, 9.17) is 4.74 Å². The minimum atomic E-state index is -0.0858. The van der Waals surface area contributed by atoms with Crippen LogP contribution in [0.15, 0.2) is 6.07 Å². The normalized spacial score (nSPS) is 20.1. The van der Waals surface area contributed by atoms with Crippen LogP contribution in [0.3, 0.4) is 0 Å². The summed E-state index contributed by atoms with van der Waals surface area (Å²) >= 11 is 0. The molecule has 2 aromatic rings. The molecule has 0 saturated carbocycles. The molecule has 140 valence electrons. The minimum Gasteiger partial charge on any atom is -0.377 e. The van der Waals surface area contributed by atoms with Gasteiger partial charge in [-0.1, -0.05) is 0 Å². The predicted molar refractivity (Wildman–Crippen MR) is 97.7 cm³/mol. The zero-order valence-electron chi connectivity index (χ0n) is 16.2. The third-order valence-electron chi connectivity index (χ3n) is 4.95. The van der Waals surface area contributed by atoms with Crippen molar-refractivity contribution in [2.24, 2.45) is 7.05 Å². The molecule has 3 heterocycles. The maximum absolute atomic E-state index is 12.4. The molecule has 1 saturated heterocycles. The molecular formula is C18H26N6O2. The third kappa shape index (κ3) is 3.29. The molecule has 1 N–H and O–H groups in total. The summed E-state index contributed by atoms with van der Waals surface area (Å²) in [7, 11) is 5.39. The lowest BCUT2D eigenvalue weighted by Gasteiger charge is -2.26. The number of nitrogens with one attached hydrogen (secondary N) is 1. The number of hydrogen-bond donors (Lipinski definition) is 1. The van der Waals surface area contributed by atoms with Gasteiger partial charge >= 0.3 is 0 Å². The van der Waals surface area contributed by atoms with Crippen LogP contribution in [-0.4, -0.2) is 50.8 Å². The number of carbonyl (C=O) groups is 1. The standard InChI is InChI=1S/C18H26N6O2/c1-10-7-14(21-15(19-10)9-26-6)20-13-8-16(25)23(4)18(13)17-11(2)22-24(5)12(17)3/h7,13,18H,8-9H2,1-6H3,(H,19,20,21)/t13-,18-/m1/s1. The Labute approximate surface area is 153 Å². The van der Waals surface area contributed by atoms with Crippen molar-refractivity contribution in [1.82, 2.24) is 24.6 Å². The van der Waals surface area contributed by atoms with Gasteiger partial charge < -0.3 is 15.0 Å². The van der Waals surface area contributed by atoms with Gasteiger partial charge in [-0.3, -0.25) is 9.48 Å². The lowest BCUT2D eigenvalue weighted by Crippen LogP contribution is -2.31. The molecule has 1 fully saturated rings. The fourth-order valence-electron chi connectivity index (χ4n) is 3.70. The number of aryl methyl sites for hydroxylation is 3. The molecule has 0 unspecified atom stereocenters.